The quantitative estimate of drug-likeness (QED) is 0.677. The molecule has 0 fully saturated rings. The maximum absolute atomic E-state index is 13.5. The molecule has 0 radical (unpaired) electrons. The molecule has 0 spiro atoms. The lowest BCUT2D eigenvalue weighted by Gasteiger charge is -2.02. The molecular formula is C18H17FN2O2. The first-order valence-corrected chi connectivity index (χ1v) is 7.01. The monoisotopic (exact) mass is 312 g/mol. The first-order valence-electron chi connectivity index (χ1n) is 7.01. The van der Waals surface area contributed by atoms with Gasteiger partial charge in [-0.15, -0.1) is 0 Å². The van der Waals surface area contributed by atoms with Crippen molar-refractivity contribution in [3.63, 3.8) is 0 Å². The number of nitrogens with zero attached hydrogens (tertiary/aromatic N) is 1. The van der Waals surface area contributed by atoms with Crippen molar-refractivity contribution >= 4 is 17.7 Å². The van der Waals surface area contributed by atoms with Crippen LogP contribution in [0.1, 0.15) is 22.8 Å². The van der Waals surface area contributed by atoms with E-state index >= 15 is 0 Å². The summed E-state index contributed by atoms with van der Waals surface area (Å²) in [5.41, 5.74) is 3.94. The molecule has 0 bridgehead atoms. The predicted molar refractivity (Wildman–Crippen MR) is 89.0 cm³/mol. The average molecular weight is 312 g/mol. The molecule has 1 N–H and O–H groups in total. The lowest BCUT2D eigenvalue weighted by Crippen LogP contribution is -2.18. The van der Waals surface area contributed by atoms with Crippen molar-refractivity contribution in [2.75, 3.05) is 7.11 Å². The molecule has 1 amide bonds. The van der Waals surface area contributed by atoms with E-state index in [1.165, 1.54) is 6.07 Å². The van der Waals surface area contributed by atoms with E-state index in [2.05, 4.69) is 10.5 Å². The van der Waals surface area contributed by atoms with Crippen LogP contribution >= 0.6 is 0 Å². The topological polar surface area (TPSA) is 50.7 Å². The minimum Gasteiger partial charge on any atom is -0.497 e. The largest absolute Gasteiger partial charge is 0.497 e. The van der Waals surface area contributed by atoms with Gasteiger partial charge in [0.2, 0.25) is 0 Å². The van der Waals surface area contributed by atoms with E-state index in [1.54, 1.807) is 68.7 Å². The highest BCUT2D eigenvalue weighted by Crippen LogP contribution is 2.11. The second-order valence-electron chi connectivity index (χ2n) is 4.78. The number of methoxy groups -OCH3 is 1. The van der Waals surface area contributed by atoms with Crippen molar-refractivity contribution < 1.29 is 13.9 Å². The van der Waals surface area contributed by atoms with Gasteiger partial charge in [0.25, 0.3) is 5.91 Å². The number of hydrogen-bond acceptors (Lipinski definition) is 3. The number of allylic oxidation sites excluding steroid dienone is 1. The van der Waals surface area contributed by atoms with Crippen LogP contribution in [0.5, 0.6) is 5.75 Å². The summed E-state index contributed by atoms with van der Waals surface area (Å²) in [6.45, 7) is 1.71. The minimum atomic E-state index is -0.328. The van der Waals surface area contributed by atoms with Crippen molar-refractivity contribution in [3.8, 4) is 5.75 Å². The third-order valence-corrected chi connectivity index (χ3v) is 3.10. The van der Waals surface area contributed by atoms with E-state index in [0.717, 1.165) is 0 Å². The smallest absolute Gasteiger partial charge is 0.271 e. The summed E-state index contributed by atoms with van der Waals surface area (Å²) >= 11 is 0. The molecule has 5 heteroatoms. The molecule has 118 valence electrons. The fraction of sp³-hybridized carbons (Fsp3) is 0.111. The molecule has 0 saturated heterocycles. The zero-order valence-electron chi connectivity index (χ0n) is 12.9. The van der Waals surface area contributed by atoms with E-state index < -0.39 is 0 Å². The van der Waals surface area contributed by atoms with Gasteiger partial charge in [-0.05, 0) is 43.3 Å². The van der Waals surface area contributed by atoms with Crippen LogP contribution in [-0.2, 0) is 0 Å². The van der Waals surface area contributed by atoms with Crippen LogP contribution in [0.4, 0.5) is 4.39 Å². The molecule has 0 aliphatic carbocycles. The van der Waals surface area contributed by atoms with Crippen molar-refractivity contribution in [3.05, 3.63) is 71.6 Å². The highest BCUT2D eigenvalue weighted by Gasteiger charge is 2.04. The van der Waals surface area contributed by atoms with E-state index in [0.29, 0.717) is 22.6 Å². The third kappa shape index (κ3) is 4.78. The summed E-state index contributed by atoms with van der Waals surface area (Å²) in [5.74, 6) is 0.0409. The van der Waals surface area contributed by atoms with Crippen LogP contribution in [0.25, 0.3) is 6.08 Å². The minimum absolute atomic E-state index is 0.307. The van der Waals surface area contributed by atoms with Crippen LogP contribution in [0.15, 0.2) is 59.7 Å². The van der Waals surface area contributed by atoms with Gasteiger partial charge in [-0.3, -0.25) is 4.79 Å². The number of hydrogen-bond donors (Lipinski definition) is 1. The Morgan fingerprint density at radius 3 is 2.52 bits per heavy atom. The SMILES string of the molecule is COc1ccc(C(=O)NN=C(C)C=Cc2ccccc2F)cc1. The number of ether oxygens (including phenoxy) is 1. The Morgan fingerprint density at radius 1 is 1.17 bits per heavy atom. The van der Waals surface area contributed by atoms with Crippen LogP contribution in [0.2, 0.25) is 0 Å². The van der Waals surface area contributed by atoms with Gasteiger partial charge in [0.05, 0.1) is 12.8 Å². The molecular weight excluding hydrogens is 295 g/mol. The Kier molecular flexibility index (Phi) is 5.63. The highest BCUT2D eigenvalue weighted by atomic mass is 19.1. The molecule has 0 saturated carbocycles. The van der Waals surface area contributed by atoms with Gasteiger partial charge in [-0.25, -0.2) is 9.82 Å². The van der Waals surface area contributed by atoms with Gasteiger partial charge >= 0.3 is 0 Å². The maximum Gasteiger partial charge on any atom is 0.271 e. The van der Waals surface area contributed by atoms with Crippen molar-refractivity contribution in [2.24, 2.45) is 5.10 Å². The van der Waals surface area contributed by atoms with Gasteiger partial charge in [-0.1, -0.05) is 24.3 Å². The maximum atomic E-state index is 13.5. The fourth-order valence-corrected chi connectivity index (χ4v) is 1.80. The lowest BCUT2D eigenvalue weighted by atomic mass is 10.2. The second kappa shape index (κ2) is 7.89. The number of rotatable bonds is 5. The van der Waals surface area contributed by atoms with E-state index in [9.17, 15) is 9.18 Å². The summed E-state index contributed by atoms with van der Waals surface area (Å²) in [6.07, 6.45) is 3.24. The van der Waals surface area contributed by atoms with Gasteiger partial charge in [0.15, 0.2) is 0 Å². The number of carbonyl (C=O) groups excluding carboxylic acids is 1. The molecule has 0 aromatic heterocycles. The Labute approximate surface area is 134 Å². The predicted octanol–water partition coefficient (Wildman–Crippen LogP) is 3.65. The summed E-state index contributed by atoms with van der Waals surface area (Å²) in [5, 5.41) is 3.96. The van der Waals surface area contributed by atoms with Crippen LogP contribution < -0.4 is 10.2 Å². The fourth-order valence-electron chi connectivity index (χ4n) is 1.80. The van der Waals surface area contributed by atoms with Crippen LogP contribution in [-0.4, -0.2) is 18.7 Å². The summed E-state index contributed by atoms with van der Waals surface area (Å²) in [6, 6.07) is 13.1. The molecule has 2 aromatic carbocycles. The molecule has 0 aliphatic rings. The molecule has 0 unspecified atom stereocenters. The Balaban J connectivity index is 1.98. The van der Waals surface area contributed by atoms with Gasteiger partial charge in [0, 0.05) is 11.1 Å². The first-order chi connectivity index (χ1) is 11.1. The normalized spacial score (nSPS) is 11.5. The Morgan fingerprint density at radius 2 is 1.87 bits per heavy atom. The Hall–Kier alpha value is -2.95. The molecule has 0 atom stereocenters. The number of amides is 1. The lowest BCUT2D eigenvalue weighted by molar-refractivity contribution is 0.0955. The first kappa shape index (κ1) is 16.4. The number of halogens is 1. The Bertz CT molecular complexity index is 737. The molecule has 0 aliphatic heterocycles. The van der Waals surface area contributed by atoms with Crippen LogP contribution in [0, 0.1) is 5.82 Å². The highest BCUT2D eigenvalue weighted by molar-refractivity contribution is 5.99. The van der Waals surface area contributed by atoms with Crippen LogP contribution in [0.3, 0.4) is 0 Å². The standard InChI is InChI=1S/C18H17FN2O2/c1-13(7-8-14-5-3-4-6-17(14)19)20-21-18(22)15-9-11-16(23-2)12-10-15/h3-12H,1-2H3,(H,21,22). The molecule has 2 rings (SSSR count). The van der Waals surface area contributed by atoms with Crippen molar-refractivity contribution in [1.82, 2.24) is 5.43 Å². The molecule has 2 aromatic rings. The van der Waals surface area contributed by atoms with E-state index in [-0.39, 0.29) is 11.7 Å². The number of hydrazone groups is 1. The van der Waals surface area contributed by atoms with Gasteiger partial charge < -0.3 is 4.74 Å². The van der Waals surface area contributed by atoms with Crippen molar-refractivity contribution in [1.29, 1.82) is 0 Å². The molecule has 0 heterocycles. The summed E-state index contributed by atoms with van der Waals surface area (Å²) in [4.78, 5) is 11.9. The van der Waals surface area contributed by atoms with Gasteiger partial charge in [-0.2, -0.15) is 5.10 Å². The summed E-state index contributed by atoms with van der Waals surface area (Å²) < 4.78 is 18.5. The summed E-state index contributed by atoms with van der Waals surface area (Å²) in [7, 11) is 1.56. The number of carbonyl (C=O) groups is 1. The molecule has 4 nitrogen and oxygen atoms in total. The zero-order chi connectivity index (χ0) is 16.7. The van der Waals surface area contributed by atoms with E-state index in [1.807, 2.05) is 0 Å². The second-order valence-corrected chi connectivity index (χ2v) is 4.78. The third-order valence-electron chi connectivity index (χ3n) is 3.10. The van der Waals surface area contributed by atoms with Gasteiger partial charge in [0.1, 0.15) is 11.6 Å². The molecule has 23 heavy (non-hydrogen) atoms. The van der Waals surface area contributed by atoms with E-state index in [4.69, 9.17) is 4.74 Å². The zero-order valence-corrected chi connectivity index (χ0v) is 12.9. The number of benzene rings is 2. The average Bonchev–Trinajstić information content (AvgIpc) is 2.59. The number of nitrogens with one attached hydrogen (secondary N) is 1. The van der Waals surface area contributed by atoms with Crippen molar-refractivity contribution in [2.45, 2.75) is 6.92 Å².